The molecule has 0 fully saturated rings. The molecule has 10 nitrogen and oxygen atoms in total. The first-order valence-corrected chi connectivity index (χ1v) is 10.5. The third-order valence-corrected chi connectivity index (χ3v) is 4.64. The van der Waals surface area contributed by atoms with Crippen LogP contribution in [-0.4, -0.2) is 39.7 Å². The first kappa shape index (κ1) is 25.0. The number of fused-ring (bicyclic) bond motifs is 5. The maximum atomic E-state index is 13.8. The number of nitrogens with zero attached hydrogens (tertiary/aromatic N) is 3. The van der Waals surface area contributed by atoms with Gasteiger partial charge in [0.2, 0.25) is 5.88 Å². The molecular weight excluding hydrogens is 457 g/mol. The Kier molecular flexibility index (Phi) is 7.12. The van der Waals surface area contributed by atoms with Crippen molar-refractivity contribution in [2.45, 2.75) is 58.2 Å². The molecule has 0 aliphatic carbocycles. The van der Waals surface area contributed by atoms with Crippen molar-refractivity contribution in [1.29, 1.82) is 5.41 Å². The van der Waals surface area contributed by atoms with Crippen LogP contribution in [0, 0.1) is 5.41 Å². The van der Waals surface area contributed by atoms with Gasteiger partial charge in [0.1, 0.15) is 16.9 Å². The van der Waals surface area contributed by atoms with Crippen molar-refractivity contribution in [2.75, 3.05) is 11.9 Å². The van der Waals surface area contributed by atoms with Crippen molar-refractivity contribution in [3.05, 3.63) is 23.1 Å². The summed E-state index contributed by atoms with van der Waals surface area (Å²) in [6.45, 7) is 4.79. The molecule has 0 atom stereocenters. The van der Waals surface area contributed by atoms with Gasteiger partial charge in [0.05, 0.1) is 12.3 Å². The summed E-state index contributed by atoms with van der Waals surface area (Å²) in [5, 5.41) is 17.6. The summed E-state index contributed by atoms with van der Waals surface area (Å²) in [6.07, 6.45) is -2.59. The van der Waals surface area contributed by atoms with Crippen LogP contribution >= 0.6 is 0 Å². The smallest absolute Gasteiger partial charge is 0.421 e. The van der Waals surface area contributed by atoms with E-state index in [1.165, 1.54) is 0 Å². The van der Waals surface area contributed by atoms with Crippen LogP contribution in [0.3, 0.4) is 0 Å². The van der Waals surface area contributed by atoms with E-state index in [1.54, 1.807) is 20.8 Å². The first-order valence-electron chi connectivity index (χ1n) is 10.5. The Morgan fingerprint density at radius 2 is 1.91 bits per heavy atom. The first-order chi connectivity index (χ1) is 15.9. The molecule has 184 valence electrons. The Hall–Kier alpha value is -3.64. The number of carbonyl (C=O) groups excluding carboxylic acids is 1. The van der Waals surface area contributed by atoms with E-state index in [1.807, 2.05) is 0 Å². The van der Waals surface area contributed by atoms with Gasteiger partial charge in [-0.2, -0.15) is 13.2 Å². The normalized spacial score (nSPS) is 17.4. The number of rotatable bonds is 2. The molecule has 3 rings (SSSR count). The number of amides is 1. The zero-order valence-electron chi connectivity index (χ0n) is 18.9. The van der Waals surface area contributed by atoms with Crippen molar-refractivity contribution in [3.63, 3.8) is 0 Å². The number of nitrogens with two attached hydrogens (primary N) is 1. The monoisotopic (exact) mass is 482 g/mol. The summed E-state index contributed by atoms with van der Waals surface area (Å²) in [7, 11) is 0. The average Bonchev–Trinajstić information content (AvgIpc) is 3.20. The van der Waals surface area contributed by atoms with Gasteiger partial charge in [0.25, 0.3) is 11.8 Å². The van der Waals surface area contributed by atoms with Crippen molar-refractivity contribution in [3.8, 4) is 17.5 Å². The van der Waals surface area contributed by atoms with E-state index < -0.39 is 29.3 Å². The van der Waals surface area contributed by atoms with E-state index in [9.17, 15) is 18.0 Å². The number of hydrogen-bond acceptors (Lipinski definition) is 9. The molecule has 3 heterocycles. The molecule has 1 amide bonds. The van der Waals surface area contributed by atoms with Gasteiger partial charge in [-0.05, 0) is 58.1 Å². The summed E-state index contributed by atoms with van der Waals surface area (Å²) < 4.78 is 57.4. The number of alkyl halides is 3. The summed E-state index contributed by atoms with van der Waals surface area (Å²) in [6, 6.07) is 0.680. The Labute approximate surface area is 193 Å². The van der Waals surface area contributed by atoms with Crippen LogP contribution in [0.25, 0.3) is 17.3 Å². The van der Waals surface area contributed by atoms with Crippen molar-refractivity contribution in [1.82, 2.24) is 15.2 Å². The summed E-state index contributed by atoms with van der Waals surface area (Å²) in [4.78, 5) is 16.3. The number of aromatic nitrogens is 3. The molecule has 0 radical (unpaired) electrons. The SMILES string of the molecule is CC(C)(C)OC(=O)Nc1cc(C(F)(F)F)c2nc1-c1nnc(o1)/C(N)=C(/C=N)CCCCCO2. The number of hydrogen-bond donors (Lipinski definition) is 3. The number of ether oxygens (including phenoxy) is 2. The summed E-state index contributed by atoms with van der Waals surface area (Å²) >= 11 is 0. The van der Waals surface area contributed by atoms with Gasteiger partial charge in [-0.1, -0.05) is 0 Å². The minimum absolute atomic E-state index is 0.0252. The largest absolute Gasteiger partial charge is 0.477 e. The molecule has 0 unspecified atom stereocenters. The molecule has 2 aromatic rings. The Morgan fingerprint density at radius 1 is 1.21 bits per heavy atom. The highest BCUT2D eigenvalue weighted by molar-refractivity contribution is 5.90. The fraction of sp³-hybridized carbons (Fsp3) is 0.476. The van der Waals surface area contributed by atoms with E-state index >= 15 is 0 Å². The summed E-state index contributed by atoms with van der Waals surface area (Å²) in [5.41, 5.74) is 3.93. The predicted octanol–water partition coefficient (Wildman–Crippen LogP) is 4.77. The molecule has 0 aromatic carbocycles. The maximum Gasteiger partial charge on any atom is 0.421 e. The van der Waals surface area contributed by atoms with Crippen LogP contribution in [0.15, 0.2) is 16.1 Å². The van der Waals surface area contributed by atoms with Crippen LogP contribution in [0.4, 0.5) is 23.7 Å². The highest BCUT2D eigenvalue weighted by atomic mass is 19.4. The lowest BCUT2D eigenvalue weighted by Crippen LogP contribution is -2.27. The van der Waals surface area contributed by atoms with Gasteiger partial charge in [0, 0.05) is 6.21 Å². The minimum atomic E-state index is -4.82. The van der Waals surface area contributed by atoms with Crippen LogP contribution in [0.1, 0.15) is 57.9 Å². The standard InChI is InChI=1S/C21H25F3N6O4/c1-20(2,3)34-19(31)27-13-9-12(21(22,23)24)16-28-15(13)18-30-29-17(33-18)14(26)11(10-25)7-5-4-6-8-32-16/h9-10,25H,4-8,26H2,1-3H3,(H,27,31)/b14-11-,25-10?. The molecule has 4 N–H and O–H groups in total. The average molecular weight is 482 g/mol. The number of anilines is 1. The highest BCUT2D eigenvalue weighted by Crippen LogP contribution is 2.40. The van der Waals surface area contributed by atoms with Crippen molar-refractivity contribution in [2.24, 2.45) is 5.73 Å². The van der Waals surface area contributed by atoms with Gasteiger partial charge in [-0.3, -0.25) is 5.32 Å². The molecule has 13 heteroatoms. The van der Waals surface area contributed by atoms with Crippen LogP contribution in [0.5, 0.6) is 5.88 Å². The van der Waals surface area contributed by atoms with E-state index in [0.717, 1.165) is 6.21 Å². The zero-order valence-corrected chi connectivity index (χ0v) is 18.9. The predicted molar refractivity (Wildman–Crippen MR) is 116 cm³/mol. The molecule has 0 spiro atoms. The van der Waals surface area contributed by atoms with Crippen LogP contribution in [-0.2, 0) is 10.9 Å². The Balaban J connectivity index is 2.17. The second-order valence-electron chi connectivity index (χ2n) is 8.52. The van der Waals surface area contributed by atoms with Gasteiger partial charge >= 0.3 is 12.3 Å². The van der Waals surface area contributed by atoms with Crippen molar-refractivity contribution < 1.29 is 31.9 Å². The lowest BCUT2D eigenvalue weighted by atomic mass is 10.1. The van der Waals surface area contributed by atoms with E-state index in [-0.39, 0.29) is 35.5 Å². The third-order valence-electron chi connectivity index (χ3n) is 4.64. The van der Waals surface area contributed by atoms with Gasteiger partial charge in [-0.25, -0.2) is 9.78 Å². The molecule has 34 heavy (non-hydrogen) atoms. The number of nitrogens with one attached hydrogen (secondary N) is 2. The lowest BCUT2D eigenvalue weighted by Gasteiger charge is -2.21. The third kappa shape index (κ3) is 6.02. The van der Waals surface area contributed by atoms with Gasteiger partial charge in [0.15, 0.2) is 5.69 Å². The molecule has 1 aliphatic heterocycles. The minimum Gasteiger partial charge on any atom is -0.477 e. The maximum absolute atomic E-state index is 13.8. The second kappa shape index (κ2) is 9.69. The van der Waals surface area contributed by atoms with Crippen molar-refractivity contribution >= 4 is 23.7 Å². The number of allylic oxidation sites excluding steroid dienone is 1. The molecule has 0 saturated heterocycles. The van der Waals surface area contributed by atoms with Crippen LogP contribution in [0.2, 0.25) is 0 Å². The Morgan fingerprint density at radius 3 is 2.56 bits per heavy atom. The van der Waals surface area contributed by atoms with Gasteiger partial charge < -0.3 is 25.0 Å². The Bertz CT molecular complexity index is 1100. The van der Waals surface area contributed by atoms with E-state index in [2.05, 4.69) is 20.5 Å². The number of carbonyl (C=O) groups is 1. The lowest BCUT2D eigenvalue weighted by molar-refractivity contribution is -0.139. The molecule has 2 aromatic heterocycles. The van der Waals surface area contributed by atoms with Crippen LogP contribution < -0.4 is 15.8 Å². The number of halogens is 3. The molecule has 4 bridgehead atoms. The second-order valence-corrected chi connectivity index (χ2v) is 8.52. The number of pyridine rings is 1. The van der Waals surface area contributed by atoms with E-state index in [4.69, 9.17) is 25.0 Å². The quantitative estimate of drug-likeness (QED) is 0.518. The molecular formula is C21H25F3N6O4. The van der Waals surface area contributed by atoms with E-state index in [0.29, 0.717) is 37.3 Å². The summed E-state index contributed by atoms with van der Waals surface area (Å²) in [5.74, 6) is -1.11. The highest BCUT2D eigenvalue weighted by Gasteiger charge is 2.38. The molecule has 1 aliphatic rings. The fourth-order valence-corrected chi connectivity index (χ4v) is 3.09. The fourth-order valence-electron chi connectivity index (χ4n) is 3.09. The topological polar surface area (TPSA) is 149 Å². The van der Waals surface area contributed by atoms with Gasteiger partial charge in [-0.15, -0.1) is 10.2 Å². The zero-order chi connectivity index (χ0) is 25.1. The molecule has 0 saturated carbocycles.